The number of nitrogens with zero attached hydrogens (tertiary/aromatic N) is 7. The molecular formula is C109H138F3N11O17. The van der Waals surface area contributed by atoms with Gasteiger partial charge in [-0.1, -0.05) is 196 Å². The maximum absolute atomic E-state index is 14.1. The molecule has 1 atom stereocenters. The SMILES string of the molecule is CC.COC(=O)C1(c2ccccc2)CCN(C2CCN(Cc3ccccc3)CC2)CC1.COC(=O)C1(c2ccccc2)CCN(C2CCNCC2)CC1.COC(=O)C1(c2ccccc2)CCN(C2CCNCC2)CC1.COC(=O)C1(c2ccccc2)CCNCC1.COCC1=C(C(=O)OC)C(c2cc(F)c(F)c(F)c2)N(C(=O)Oc2ccc([N+](=O)[O-])cc2)C(=O)N1.O=C1CCN(Cc2ccccc2)CC1. The van der Waals surface area contributed by atoms with Gasteiger partial charge in [0.15, 0.2) is 17.5 Å². The van der Waals surface area contributed by atoms with E-state index in [2.05, 4.69) is 137 Å². The molecule has 9 aliphatic rings. The van der Waals surface area contributed by atoms with Crippen LogP contribution in [0, 0.1) is 27.6 Å². The van der Waals surface area contributed by atoms with E-state index in [1.54, 1.807) is 0 Å². The van der Waals surface area contributed by atoms with E-state index >= 15 is 0 Å². The number of nitro benzene ring substituents is 1. The number of likely N-dealkylation sites (tertiary alicyclic amines) is 5. The van der Waals surface area contributed by atoms with E-state index in [9.17, 15) is 61.6 Å². The second kappa shape index (κ2) is 54.2. The Balaban J connectivity index is 0.000000164. The third kappa shape index (κ3) is 28.1. The number of hydrogen-bond donors (Lipinski definition) is 4. The van der Waals surface area contributed by atoms with Gasteiger partial charge in [0.25, 0.3) is 5.69 Å². The monoisotopic (exact) mass is 1930 g/mol. The number of esters is 5. The predicted octanol–water partition coefficient (Wildman–Crippen LogP) is 15.5. The number of imide groups is 1. The number of carbonyl (C=O) groups excluding carboxylic acids is 8. The summed E-state index contributed by atoms with van der Waals surface area (Å²) in [6.45, 7) is 21.8. The van der Waals surface area contributed by atoms with Gasteiger partial charge in [-0.25, -0.2) is 32.5 Å². The molecule has 3 amide bonds. The van der Waals surface area contributed by atoms with Crippen LogP contribution in [0.2, 0.25) is 0 Å². The fourth-order valence-electron chi connectivity index (χ4n) is 20.6. The lowest BCUT2D eigenvalue weighted by Crippen LogP contribution is -2.53. The van der Waals surface area contributed by atoms with E-state index < -0.39 is 79.3 Å². The van der Waals surface area contributed by atoms with Crippen molar-refractivity contribution in [1.29, 1.82) is 0 Å². The molecule has 140 heavy (non-hydrogen) atoms. The molecule has 752 valence electrons. The third-order valence-electron chi connectivity index (χ3n) is 28.5. The van der Waals surface area contributed by atoms with E-state index in [-0.39, 0.29) is 47.6 Å². The molecule has 0 radical (unpaired) electrons. The van der Waals surface area contributed by atoms with Gasteiger partial charge in [0.1, 0.15) is 17.6 Å². The Morgan fingerprint density at radius 1 is 0.414 bits per heavy atom. The summed E-state index contributed by atoms with van der Waals surface area (Å²) in [7, 11) is 8.21. The fraction of sp³-hybridized carbons (Fsp3) is 0.468. The number of rotatable bonds is 21. The predicted molar refractivity (Wildman–Crippen MR) is 528 cm³/mol. The molecule has 1 unspecified atom stereocenters. The van der Waals surface area contributed by atoms with Crippen molar-refractivity contribution in [2.24, 2.45) is 0 Å². The molecule has 8 aromatic rings. The highest BCUT2D eigenvalue weighted by Crippen LogP contribution is 2.44. The number of benzene rings is 8. The normalized spacial score (nSPS) is 19.6. The van der Waals surface area contributed by atoms with Crippen molar-refractivity contribution in [2.75, 3.05) is 154 Å². The van der Waals surface area contributed by atoms with Gasteiger partial charge in [-0.3, -0.25) is 43.9 Å². The number of ether oxygens (including phenoxy) is 7. The molecule has 8 saturated heterocycles. The van der Waals surface area contributed by atoms with Crippen molar-refractivity contribution in [3.63, 3.8) is 0 Å². The standard InChI is InChI=1S/C25H32N2O2.C21H16F3N3O8.2C18H26N2O2.C13H17NO2.C12H15NO.C2H6/c1-29-24(28)25(22-10-6-3-7-11-22)14-18-27(19-15-25)23-12-16-26(17-13-23)20-21-8-4-2-5-9-21;1-33-9-15-16(19(28)34-2)18(10-7-13(22)17(24)14(23)8-10)26(20(29)25-15)21(30)35-12-5-3-11(4-6-12)27(31)32;2*1-22-17(21)18(15-5-3-2-4-6-15)9-13-20(14-10-18)16-7-11-19-12-8-16;1-16-12(15)13(7-9-14-10-8-13)11-5-3-2-4-6-11;14-12-6-8-13(9-7-12)10-11-4-2-1-3-5-11;1-2/h2-11,23H,12-20H2,1H3;3-8,18H,9H2,1-2H3,(H,25,29);2*2-6,16,19H,7-14H2,1H3;2-6,14H,7-10H2,1H3;1-5H,6-10H2;1-2H3. The summed E-state index contributed by atoms with van der Waals surface area (Å²) in [5.74, 6) is -6.37. The third-order valence-corrected chi connectivity index (χ3v) is 28.5. The number of halogens is 3. The largest absolute Gasteiger partial charge is 0.468 e. The molecule has 8 fully saturated rings. The maximum atomic E-state index is 14.1. The molecule has 9 aliphatic heterocycles. The molecule has 31 heteroatoms. The molecular weight excluding hydrogens is 1790 g/mol. The van der Waals surface area contributed by atoms with Crippen LogP contribution < -0.4 is 26.0 Å². The summed E-state index contributed by atoms with van der Waals surface area (Å²) in [6.07, 6.45) is 14.1. The Kier molecular flexibility index (Phi) is 42.0. The number of hydrogen-bond acceptors (Lipinski definition) is 25. The molecule has 0 saturated carbocycles. The maximum Gasteiger partial charge on any atom is 0.424 e. The minimum Gasteiger partial charge on any atom is -0.468 e. The average molecular weight is 1930 g/mol. The molecule has 8 aromatic carbocycles. The smallest absolute Gasteiger partial charge is 0.424 e. The molecule has 17 rings (SSSR count). The van der Waals surface area contributed by atoms with Crippen molar-refractivity contribution >= 4 is 53.4 Å². The Bertz CT molecular complexity index is 5160. The fourth-order valence-corrected chi connectivity index (χ4v) is 20.6. The second-order valence-electron chi connectivity index (χ2n) is 36.3. The molecule has 0 aliphatic carbocycles. The summed E-state index contributed by atoms with van der Waals surface area (Å²) < 4.78 is 77.0. The zero-order valence-electron chi connectivity index (χ0n) is 82.0. The van der Waals surface area contributed by atoms with Gasteiger partial charge in [0.2, 0.25) is 0 Å². The molecule has 4 N–H and O–H groups in total. The van der Waals surface area contributed by atoms with Gasteiger partial charge in [0.05, 0.1) is 80.0 Å². The number of non-ortho nitro benzene ring substituents is 1. The van der Waals surface area contributed by atoms with Crippen LogP contribution in [0.15, 0.2) is 230 Å². The zero-order valence-corrected chi connectivity index (χ0v) is 82.0. The number of nitrogens with one attached hydrogen (secondary N) is 4. The van der Waals surface area contributed by atoms with Gasteiger partial charge in [-0.15, -0.1) is 0 Å². The first-order valence-corrected chi connectivity index (χ1v) is 48.9. The van der Waals surface area contributed by atoms with Crippen LogP contribution in [0.1, 0.15) is 162 Å². The van der Waals surface area contributed by atoms with Crippen molar-refractivity contribution in [1.82, 2.24) is 50.7 Å². The summed E-state index contributed by atoms with van der Waals surface area (Å²) >= 11 is 0. The molecule has 0 spiro atoms. The van der Waals surface area contributed by atoms with E-state index in [1.165, 1.54) is 85.2 Å². The van der Waals surface area contributed by atoms with Gasteiger partial charge in [-0.2, -0.15) is 0 Å². The van der Waals surface area contributed by atoms with Crippen LogP contribution in [0.5, 0.6) is 5.75 Å². The van der Waals surface area contributed by atoms with Crippen LogP contribution in [0.3, 0.4) is 0 Å². The number of amides is 3. The quantitative estimate of drug-likeness (QED) is 0.0171. The number of nitro groups is 1. The van der Waals surface area contributed by atoms with E-state index in [0.29, 0.717) is 40.9 Å². The first-order valence-electron chi connectivity index (χ1n) is 48.9. The van der Waals surface area contributed by atoms with Crippen LogP contribution in [0.25, 0.3) is 0 Å². The number of piperidine rings is 8. The van der Waals surface area contributed by atoms with Crippen LogP contribution >= 0.6 is 0 Å². The lowest BCUT2D eigenvalue weighted by molar-refractivity contribution is -0.384. The van der Waals surface area contributed by atoms with Crippen LogP contribution in [0.4, 0.5) is 28.4 Å². The first-order chi connectivity index (χ1) is 67.9. The lowest BCUT2D eigenvalue weighted by Gasteiger charge is -2.45. The number of Topliss-reactive ketones (excluding diaryl/α,β-unsaturated/α-hetero) is 1. The van der Waals surface area contributed by atoms with Crippen molar-refractivity contribution < 1.29 is 89.6 Å². The van der Waals surface area contributed by atoms with Crippen molar-refractivity contribution in [3.05, 3.63) is 296 Å². The molecule has 9 heterocycles. The first kappa shape index (κ1) is 108. The summed E-state index contributed by atoms with van der Waals surface area (Å²) in [5.41, 5.74) is 3.84. The summed E-state index contributed by atoms with van der Waals surface area (Å²) in [6, 6.07) is 65.8. The van der Waals surface area contributed by atoms with Crippen molar-refractivity contribution in [3.8, 4) is 5.75 Å². The highest BCUT2D eigenvalue weighted by molar-refractivity contribution is 6.01. The highest BCUT2D eigenvalue weighted by Gasteiger charge is 2.50. The average Bonchev–Trinajstić information content (AvgIpc) is 0.762. The Hall–Kier alpha value is -11.9. The summed E-state index contributed by atoms with van der Waals surface area (Å²) in [4.78, 5) is 122. The minimum atomic E-state index is -1.82. The second-order valence-corrected chi connectivity index (χ2v) is 36.3. The Labute approximate surface area is 820 Å². The number of urea groups is 1. The lowest BCUT2D eigenvalue weighted by atomic mass is 9.72. The zero-order chi connectivity index (χ0) is 100. The van der Waals surface area contributed by atoms with Crippen molar-refractivity contribution in [2.45, 2.75) is 175 Å². The van der Waals surface area contributed by atoms with E-state index in [1.807, 2.05) is 105 Å². The molecule has 0 bridgehead atoms. The van der Waals surface area contributed by atoms with E-state index in [4.69, 9.17) is 33.2 Å². The Morgan fingerprint density at radius 3 is 1.08 bits per heavy atom. The minimum absolute atomic E-state index is 0.0799. The van der Waals surface area contributed by atoms with Gasteiger partial charge in [-0.05, 0) is 245 Å². The van der Waals surface area contributed by atoms with Gasteiger partial charge >= 0.3 is 42.0 Å². The Morgan fingerprint density at radius 2 is 0.743 bits per heavy atom. The number of methoxy groups -OCH3 is 6. The summed E-state index contributed by atoms with van der Waals surface area (Å²) in [5, 5.41) is 23.2. The molecule has 28 nitrogen and oxygen atoms in total. The number of carbonyl (C=O) groups is 8. The topological polar surface area (TPSA) is 312 Å². The van der Waals surface area contributed by atoms with Crippen LogP contribution in [-0.2, 0) is 91.9 Å². The number of ketones is 1. The van der Waals surface area contributed by atoms with Gasteiger partial charge < -0.3 is 69.1 Å². The van der Waals surface area contributed by atoms with Crippen LogP contribution in [-0.4, -0.2) is 254 Å². The molecule has 0 aromatic heterocycles. The highest BCUT2D eigenvalue weighted by atomic mass is 19.2. The van der Waals surface area contributed by atoms with E-state index in [0.717, 1.165) is 236 Å². The van der Waals surface area contributed by atoms with Gasteiger partial charge in [0, 0.05) is 76.4 Å².